The second-order valence-corrected chi connectivity index (χ2v) is 3.44. The number of nitrogens with one attached hydrogen (secondary N) is 1. The van der Waals surface area contributed by atoms with Crippen molar-refractivity contribution in [3.8, 4) is 0 Å². The monoisotopic (exact) mass is 217 g/mol. The van der Waals surface area contributed by atoms with E-state index >= 15 is 0 Å². The molecular formula is C12H12FN3. The van der Waals surface area contributed by atoms with E-state index in [0.29, 0.717) is 12.2 Å². The van der Waals surface area contributed by atoms with Crippen LogP contribution in [0.25, 0.3) is 0 Å². The van der Waals surface area contributed by atoms with E-state index in [1.165, 1.54) is 12.1 Å². The van der Waals surface area contributed by atoms with Gasteiger partial charge in [-0.05, 0) is 29.8 Å². The molecule has 0 fully saturated rings. The van der Waals surface area contributed by atoms with Gasteiger partial charge in [-0.15, -0.1) is 0 Å². The summed E-state index contributed by atoms with van der Waals surface area (Å²) in [6.45, 7) is 0.553. The van der Waals surface area contributed by atoms with Crippen molar-refractivity contribution in [2.45, 2.75) is 6.54 Å². The molecule has 0 radical (unpaired) electrons. The molecule has 0 bridgehead atoms. The summed E-state index contributed by atoms with van der Waals surface area (Å²) in [5.41, 5.74) is 8.05. The van der Waals surface area contributed by atoms with Gasteiger partial charge in [0.05, 0.1) is 11.9 Å². The first-order chi connectivity index (χ1) is 7.75. The Balaban J connectivity index is 2.05. The highest BCUT2D eigenvalue weighted by Gasteiger charge is 1.99. The average molecular weight is 217 g/mol. The Bertz CT molecular complexity index is 485. The van der Waals surface area contributed by atoms with Gasteiger partial charge in [-0.25, -0.2) is 4.39 Å². The van der Waals surface area contributed by atoms with Crippen molar-refractivity contribution in [1.82, 2.24) is 4.98 Å². The van der Waals surface area contributed by atoms with Crippen LogP contribution in [0.5, 0.6) is 0 Å². The summed E-state index contributed by atoms with van der Waals surface area (Å²) in [4.78, 5) is 3.90. The summed E-state index contributed by atoms with van der Waals surface area (Å²) in [6, 6.07) is 8.15. The summed E-state index contributed by atoms with van der Waals surface area (Å²) < 4.78 is 12.9. The average Bonchev–Trinajstić information content (AvgIpc) is 2.28. The molecule has 0 aliphatic heterocycles. The number of pyridine rings is 1. The van der Waals surface area contributed by atoms with Crippen LogP contribution < -0.4 is 11.1 Å². The second-order valence-electron chi connectivity index (χ2n) is 3.44. The molecule has 0 aliphatic rings. The molecule has 1 heterocycles. The molecule has 16 heavy (non-hydrogen) atoms. The van der Waals surface area contributed by atoms with E-state index in [4.69, 9.17) is 5.73 Å². The zero-order valence-electron chi connectivity index (χ0n) is 8.65. The van der Waals surface area contributed by atoms with Gasteiger partial charge < -0.3 is 11.1 Å². The smallest absolute Gasteiger partial charge is 0.125 e. The van der Waals surface area contributed by atoms with Crippen LogP contribution in [0.3, 0.4) is 0 Å². The van der Waals surface area contributed by atoms with Gasteiger partial charge >= 0.3 is 0 Å². The Morgan fingerprint density at radius 2 is 2.19 bits per heavy atom. The summed E-state index contributed by atoms with van der Waals surface area (Å²) in [5.74, 6) is -0.257. The lowest BCUT2D eigenvalue weighted by Crippen LogP contribution is -2.03. The first-order valence-corrected chi connectivity index (χ1v) is 4.93. The summed E-state index contributed by atoms with van der Waals surface area (Å²) >= 11 is 0. The maximum Gasteiger partial charge on any atom is 0.125 e. The van der Waals surface area contributed by atoms with Crippen molar-refractivity contribution in [2.75, 3.05) is 11.1 Å². The number of anilines is 2. The molecule has 0 atom stereocenters. The highest BCUT2D eigenvalue weighted by Crippen LogP contribution is 2.13. The molecule has 2 aromatic rings. The van der Waals surface area contributed by atoms with Gasteiger partial charge in [-0.2, -0.15) is 0 Å². The van der Waals surface area contributed by atoms with E-state index < -0.39 is 0 Å². The lowest BCUT2D eigenvalue weighted by molar-refractivity contribution is 0.628. The fraction of sp³-hybridized carbons (Fsp3) is 0.0833. The lowest BCUT2D eigenvalue weighted by Gasteiger charge is -2.08. The molecule has 1 aromatic carbocycles. The number of halogens is 1. The van der Waals surface area contributed by atoms with Crippen LogP contribution in [0, 0.1) is 5.82 Å². The third kappa shape index (κ3) is 2.48. The highest BCUT2D eigenvalue weighted by atomic mass is 19.1. The van der Waals surface area contributed by atoms with Gasteiger partial charge in [0, 0.05) is 18.4 Å². The Hall–Kier alpha value is -2.10. The molecule has 0 spiro atoms. The second kappa shape index (κ2) is 4.61. The van der Waals surface area contributed by atoms with E-state index in [1.807, 2.05) is 6.07 Å². The molecule has 2 rings (SSSR count). The minimum Gasteiger partial charge on any atom is -0.397 e. The number of nitrogens with two attached hydrogens (primary N) is 1. The Morgan fingerprint density at radius 1 is 1.31 bits per heavy atom. The SMILES string of the molecule is Nc1cnccc1CNc1cccc(F)c1. The van der Waals surface area contributed by atoms with Gasteiger partial charge in [0.1, 0.15) is 5.82 Å². The van der Waals surface area contributed by atoms with E-state index in [-0.39, 0.29) is 5.82 Å². The quantitative estimate of drug-likeness (QED) is 0.830. The van der Waals surface area contributed by atoms with Crippen molar-refractivity contribution < 1.29 is 4.39 Å². The van der Waals surface area contributed by atoms with Crippen molar-refractivity contribution >= 4 is 11.4 Å². The molecule has 0 saturated heterocycles. The topological polar surface area (TPSA) is 50.9 Å². The molecular weight excluding hydrogens is 205 g/mol. The largest absolute Gasteiger partial charge is 0.397 e. The molecule has 0 unspecified atom stereocenters. The van der Waals surface area contributed by atoms with Crippen molar-refractivity contribution in [2.24, 2.45) is 0 Å². The predicted octanol–water partition coefficient (Wildman–Crippen LogP) is 2.42. The van der Waals surface area contributed by atoms with Crippen LogP contribution in [-0.2, 0) is 6.54 Å². The van der Waals surface area contributed by atoms with E-state index in [2.05, 4.69) is 10.3 Å². The third-order valence-electron chi connectivity index (χ3n) is 2.25. The van der Waals surface area contributed by atoms with Crippen molar-refractivity contribution in [1.29, 1.82) is 0 Å². The van der Waals surface area contributed by atoms with Gasteiger partial charge in [0.2, 0.25) is 0 Å². The highest BCUT2D eigenvalue weighted by molar-refractivity contribution is 5.48. The number of rotatable bonds is 3. The fourth-order valence-electron chi connectivity index (χ4n) is 1.39. The normalized spacial score (nSPS) is 10.1. The van der Waals surface area contributed by atoms with Gasteiger partial charge in [0.15, 0.2) is 0 Å². The lowest BCUT2D eigenvalue weighted by atomic mass is 10.2. The van der Waals surface area contributed by atoms with Crippen LogP contribution in [-0.4, -0.2) is 4.98 Å². The van der Waals surface area contributed by atoms with Crippen LogP contribution >= 0.6 is 0 Å². The number of hydrogen-bond donors (Lipinski definition) is 2. The van der Waals surface area contributed by atoms with E-state index in [0.717, 1.165) is 11.3 Å². The van der Waals surface area contributed by atoms with Gasteiger partial charge in [-0.1, -0.05) is 6.07 Å². The number of nitrogens with zero attached hydrogens (tertiary/aromatic N) is 1. The standard InChI is InChI=1S/C12H12FN3/c13-10-2-1-3-11(6-10)16-7-9-4-5-15-8-12(9)14/h1-6,8,16H,7,14H2. The van der Waals surface area contributed by atoms with Crippen LogP contribution in [0.2, 0.25) is 0 Å². The molecule has 0 amide bonds. The minimum atomic E-state index is -0.257. The predicted molar refractivity (Wildman–Crippen MR) is 62.4 cm³/mol. The van der Waals surface area contributed by atoms with E-state index in [9.17, 15) is 4.39 Å². The molecule has 3 nitrogen and oxygen atoms in total. The summed E-state index contributed by atoms with van der Waals surface area (Å²) in [6.07, 6.45) is 3.28. The maximum absolute atomic E-state index is 12.9. The summed E-state index contributed by atoms with van der Waals surface area (Å²) in [5, 5.41) is 3.09. The molecule has 0 aliphatic carbocycles. The van der Waals surface area contributed by atoms with E-state index in [1.54, 1.807) is 24.5 Å². The van der Waals surface area contributed by atoms with Crippen LogP contribution in [0.15, 0.2) is 42.7 Å². The number of nitrogen functional groups attached to an aromatic ring is 1. The van der Waals surface area contributed by atoms with Gasteiger partial charge in [0.25, 0.3) is 0 Å². The van der Waals surface area contributed by atoms with Crippen LogP contribution in [0.1, 0.15) is 5.56 Å². The third-order valence-corrected chi connectivity index (χ3v) is 2.25. The molecule has 82 valence electrons. The number of aromatic nitrogens is 1. The van der Waals surface area contributed by atoms with Gasteiger partial charge in [-0.3, -0.25) is 4.98 Å². The van der Waals surface area contributed by atoms with Crippen molar-refractivity contribution in [3.63, 3.8) is 0 Å². The molecule has 0 saturated carbocycles. The van der Waals surface area contributed by atoms with Crippen molar-refractivity contribution in [3.05, 3.63) is 54.1 Å². The first-order valence-electron chi connectivity index (χ1n) is 4.93. The molecule has 4 heteroatoms. The van der Waals surface area contributed by atoms with Crippen LogP contribution in [0.4, 0.5) is 15.8 Å². The Labute approximate surface area is 93.1 Å². The first kappa shape index (κ1) is 10.4. The zero-order chi connectivity index (χ0) is 11.4. The molecule has 1 aromatic heterocycles. The molecule has 3 N–H and O–H groups in total. The summed E-state index contributed by atoms with van der Waals surface area (Å²) in [7, 11) is 0. The number of benzene rings is 1. The minimum absolute atomic E-state index is 0.257. The Morgan fingerprint density at radius 3 is 2.94 bits per heavy atom. The number of hydrogen-bond acceptors (Lipinski definition) is 3. The Kier molecular flexibility index (Phi) is 3.00. The zero-order valence-corrected chi connectivity index (χ0v) is 8.65. The fourth-order valence-corrected chi connectivity index (χ4v) is 1.39. The maximum atomic E-state index is 12.9.